The van der Waals surface area contributed by atoms with Gasteiger partial charge in [-0.2, -0.15) is 0 Å². The summed E-state index contributed by atoms with van der Waals surface area (Å²) in [5.41, 5.74) is 1.45. The molecule has 3 unspecified atom stereocenters. The molecule has 0 aliphatic carbocycles. The maximum atomic E-state index is 4.67. The van der Waals surface area contributed by atoms with E-state index in [1.807, 2.05) is 7.05 Å². The van der Waals surface area contributed by atoms with Crippen LogP contribution in [0.25, 0.3) is 0 Å². The minimum Gasteiger partial charge on any atom is -0.355 e. The number of guanidine groups is 1. The van der Waals surface area contributed by atoms with Gasteiger partial charge in [0.15, 0.2) is 5.96 Å². The van der Waals surface area contributed by atoms with Crippen molar-refractivity contribution in [2.24, 2.45) is 10.9 Å². The molecular formula is C24H39IN6. The second-order valence-electron chi connectivity index (χ2n) is 9.58. The number of likely N-dealkylation sites (tertiary alicyclic amines) is 2. The number of hydrogen-bond acceptors (Lipinski definition) is 4. The maximum Gasteiger partial charge on any atom is 0.193 e. The lowest BCUT2D eigenvalue weighted by atomic mass is 9.83. The number of halogens is 1. The van der Waals surface area contributed by atoms with E-state index in [2.05, 4.69) is 60.2 Å². The summed E-state index contributed by atoms with van der Waals surface area (Å²) in [6.45, 7) is 11.8. The fourth-order valence-corrected chi connectivity index (χ4v) is 6.17. The molecule has 1 N–H and O–H groups in total. The summed E-state index contributed by atoms with van der Waals surface area (Å²) in [7, 11) is 1.95. The Bertz CT molecular complexity index is 720. The standard InChI is InChI=1S/C24H38N6.HI/c1-25-24(26-16-22-19-27-12-14-28(22)15-13-27)30-11-9-23-21(18-30)8-5-10-29(23)17-20-6-3-2-4-7-20;/h2-4,6-7,21-23H,5,8-19H2,1H3,(H,25,26);1H. The van der Waals surface area contributed by atoms with Gasteiger partial charge in [-0.25, -0.2) is 0 Å². The molecule has 0 spiro atoms. The van der Waals surface area contributed by atoms with Crippen LogP contribution in [0.15, 0.2) is 35.3 Å². The zero-order valence-corrected chi connectivity index (χ0v) is 21.3. The van der Waals surface area contributed by atoms with Crippen LogP contribution in [-0.4, -0.2) is 104 Å². The highest BCUT2D eigenvalue weighted by atomic mass is 127. The Kier molecular flexibility index (Phi) is 8.11. The van der Waals surface area contributed by atoms with E-state index < -0.39 is 0 Å². The Labute approximate surface area is 205 Å². The van der Waals surface area contributed by atoms with Gasteiger partial charge in [0.1, 0.15) is 0 Å². The van der Waals surface area contributed by atoms with Gasteiger partial charge in [0.25, 0.3) is 0 Å². The van der Waals surface area contributed by atoms with Gasteiger partial charge in [-0.1, -0.05) is 30.3 Å². The second-order valence-corrected chi connectivity index (χ2v) is 9.58. The Morgan fingerprint density at radius 1 is 1.00 bits per heavy atom. The number of piperidine rings is 2. The van der Waals surface area contributed by atoms with Gasteiger partial charge in [0.2, 0.25) is 0 Å². The average Bonchev–Trinajstić information content (AvgIpc) is 2.81. The largest absolute Gasteiger partial charge is 0.355 e. The molecule has 1 aromatic carbocycles. The average molecular weight is 539 g/mol. The molecule has 0 amide bonds. The van der Waals surface area contributed by atoms with Gasteiger partial charge in [-0.15, -0.1) is 24.0 Å². The van der Waals surface area contributed by atoms with E-state index in [4.69, 9.17) is 0 Å². The SMILES string of the molecule is CN=C(NCC1CN2CCN1CC2)N1CCC2C(CCCN2Cc2ccccc2)C1.I. The van der Waals surface area contributed by atoms with Crippen LogP contribution in [-0.2, 0) is 6.54 Å². The van der Waals surface area contributed by atoms with Crippen molar-refractivity contribution in [2.45, 2.75) is 37.9 Å². The molecule has 5 aliphatic rings. The lowest BCUT2D eigenvalue weighted by molar-refractivity contribution is 0.0144. The first kappa shape index (κ1) is 23.3. The highest BCUT2D eigenvalue weighted by molar-refractivity contribution is 14.0. The first-order chi connectivity index (χ1) is 14.8. The Morgan fingerprint density at radius 3 is 2.52 bits per heavy atom. The quantitative estimate of drug-likeness (QED) is 0.362. The van der Waals surface area contributed by atoms with Crippen LogP contribution in [0.3, 0.4) is 0 Å². The molecular weight excluding hydrogens is 499 g/mol. The van der Waals surface area contributed by atoms with E-state index in [0.29, 0.717) is 6.04 Å². The zero-order chi connectivity index (χ0) is 20.3. The van der Waals surface area contributed by atoms with Gasteiger partial charge in [0, 0.05) is 78.0 Å². The third-order valence-corrected chi connectivity index (χ3v) is 7.81. The van der Waals surface area contributed by atoms with Crippen LogP contribution < -0.4 is 5.32 Å². The van der Waals surface area contributed by atoms with Crippen LogP contribution in [0.2, 0.25) is 0 Å². The van der Waals surface area contributed by atoms with Gasteiger partial charge < -0.3 is 10.2 Å². The third kappa shape index (κ3) is 5.37. The van der Waals surface area contributed by atoms with E-state index >= 15 is 0 Å². The van der Waals surface area contributed by atoms with Crippen molar-refractivity contribution in [3.8, 4) is 0 Å². The first-order valence-electron chi connectivity index (χ1n) is 12.0. The van der Waals surface area contributed by atoms with Crippen LogP contribution in [0.5, 0.6) is 0 Å². The molecule has 5 aliphatic heterocycles. The van der Waals surface area contributed by atoms with E-state index in [-0.39, 0.29) is 24.0 Å². The number of nitrogens with zero attached hydrogens (tertiary/aromatic N) is 5. The van der Waals surface area contributed by atoms with Crippen molar-refractivity contribution < 1.29 is 0 Å². The number of hydrogen-bond donors (Lipinski definition) is 1. The molecule has 7 heteroatoms. The summed E-state index contributed by atoms with van der Waals surface area (Å²) in [6, 6.07) is 12.4. The molecule has 31 heavy (non-hydrogen) atoms. The summed E-state index contributed by atoms with van der Waals surface area (Å²) in [6.07, 6.45) is 3.93. The zero-order valence-electron chi connectivity index (χ0n) is 19.0. The summed E-state index contributed by atoms with van der Waals surface area (Å²) < 4.78 is 0. The van der Waals surface area contributed by atoms with Gasteiger partial charge in [0.05, 0.1) is 0 Å². The van der Waals surface area contributed by atoms with Crippen LogP contribution >= 0.6 is 24.0 Å². The van der Waals surface area contributed by atoms with Crippen molar-refractivity contribution in [2.75, 3.05) is 66.0 Å². The van der Waals surface area contributed by atoms with E-state index in [0.717, 1.165) is 44.1 Å². The normalized spacial score (nSPS) is 33.5. The van der Waals surface area contributed by atoms with E-state index in [1.165, 1.54) is 64.1 Å². The highest BCUT2D eigenvalue weighted by Crippen LogP contribution is 2.31. The molecule has 0 saturated carbocycles. The molecule has 0 aromatic heterocycles. The fourth-order valence-electron chi connectivity index (χ4n) is 6.17. The molecule has 5 saturated heterocycles. The molecule has 1 aromatic rings. The van der Waals surface area contributed by atoms with Crippen molar-refractivity contribution in [1.82, 2.24) is 24.9 Å². The second kappa shape index (κ2) is 10.8. The molecule has 6 rings (SSSR count). The minimum absolute atomic E-state index is 0. The summed E-state index contributed by atoms with van der Waals surface area (Å²) in [4.78, 5) is 15.2. The van der Waals surface area contributed by atoms with Crippen LogP contribution in [0, 0.1) is 5.92 Å². The van der Waals surface area contributed by atoms with Crippen LogP contribution in [0.4, 0.5) is 0 Å². The number of rotatable bonds is 4. The summed E-state index contributed by atoms with van der Waals surface area (Å²) in [5.74, 6) is 1.88. The Morgan fingerprint density at radius 2 is 1.81 bits per heavy atom. The fraction of sp³-hybridized carbons (Fsp3) is 0.708. The monoisotopic (exact) mass is 538 g/mol. The topological polar surface area (TPSA) is 37.4 Å². The van der Waals surface area contributed by atoms with Gasteiger partial charge >= 0.3 is 0 Å². The molecule has 0 radical (unpaired) electrons. The predicted molar refractivity (Wildman–Crippen MR) is 138 cm³/mol. The number of fused-ring (bicyclic) bond motifs is 4. The van der Waals surface area contributed by atoms with Crippen molar-refractivity contribution in [1.29, 1.82) is 0 Å². The van der Waals surface area contributed by atoms with Gasteiger partial charge in [-0.05, 0) is 37.3 Å². The number of aliphatic imine (C=N–C) groups is 1. The highest BCUT2D eigenvalue weighted by Gasteiger charge is 2.37. The molecule has 5 heterocycles. The molecule has 3 atom stereocenters. The van der Waals surface area contributed by atoms with Crippen molar-refractivity contribution in [3.63, 3.8) is 0 Å². The minimum atomic E-state index is 0. The number of piperazine rings is 3. The number of benzene rings is 1. The molecule has 5 fully saturated rings. The van der Waals surface area contributed by atoms with Crippen molar-refractivity contribution >= 4 is 29.9 Å². The third-order valence-electron chi connectivity index (χ3n) is 7.81. The van der Waals surface area contributed by atoms with Gasteiger partial charge in [-0.3, -0.25) is 19.7 Å². The molecule has 172 valence electrons. The van der Waals surface area contributed by atoms with E-state index in [1.54, 1.807) is 0 Å². The van der Waals surface area contributed by atoms with Crippen molar-refractivity contribution in [3.05, 3.63) is 35.9 Å². The lowest BCUT2D eigenvalue weighted by Crippen LogP contribution is -2.64. The van der Waals surface area contributed by atoms with Crippen LogP contribution in [0.1, 0.15) is 24.8 Å². The first-order valence-corrected chi connectivity index (χ1v) is 12.0. The van der Waals surface area contributed by atoms with E-state index in [9.17, 15) is 0 Å². The number of nitrogens with one attached hydrogen (secondary N) is 1. The Hall–Kier alpha value is -0.900. The smallest absolute Gasteiger partial charge is 0.193 e. The maximum absolute atomic E-state index is 4.67. The lowest BCUT2D eigenvalue weighted by Gasteiger charge is -2.49. The molecule has 6 nitrogen and oxygen atoms in total. The Balaban J connectivity index is 0.00000231. The molecule has 2 bridgehead atoms. The summed E-state index contributed by atoms with van der Waals surface area (Å²) in [5, 5.41) is 3.73. The summed E-state index contributed by atoms with van der Waals surface area (Å²) >= 11 is 0. The predicted octanol–water partition coefficient (Wildman–Crippen LogP) is 2.17.